The quantitative estimate of drug-likeness (QED) is 0.640. The van der Waals surface area contributed by atoms with Crippen LogP contribution in [0.25, 0.3) is 0 Å². The Morgan fingerprint density at radius 3 is 2.67 bits per heavy atom. The summed E-state index contributed by atoms with van der Waals surface area (Å²) in [7, 11) is 0. The Kier molecular flexibility index (Phi) is 5.65. The largest absolute Gasteiger partial charge is 0.381 e. The molecule has 1 aliphatic heterocycles. The Balaban J connectivity index is 2.07. The maximum absolute atomic E-state index is 11.6. The lowest BCUT2D eigenvalue weighted by Crippen LogP contribution is -2.41. The molecular formula is C11H21NO3. The van der Waals surface area contributed by atoms with E-state index >= 15 is 0 Å². The maximum Gasteiger partial charge on any atom is 0.225 e. The molecule has 0 spiro atoms. The second kappa shape index (κ2) is 6.80. The fourth-order valence-electron chi connectivity index (χ4n) is 1.45. The molecule has 1 saturated heterocycles. The van der Waals surface area contributed by atoms with E-state index in [4.69, 9.17) is 9.47 Å². The van der Waals surface area contributed by atoms with Gasteiger partial charge in [-0.2, -0.15) is 0 Å². The molecule has 15 heavy (non-hydrogen) atoms. The van der Waals surface area contributed by atoms with E-state index in [1.54, 1.807) is 0 Å². The van der Waals surface area contributed by atoms with Crippen LogP contribution in [0.5, 0.6) is 0 Å². The lowest BCUT2D eigenvalue weighted by molar-refractivity contribution is -0.136. The molecule has 1 heterocycles. The van der Waals surface area contributed by atoms with Crippen molar-refractivity contribution >= 4 is 5.91 Å². The van der Waals surface area contributed by atoms with Crippen molar-refractivity contribution in [3.63, 3.8) is 0 Å². The molecule has 0 aromatic rings. The van der Waals surface area contributed by atoms with E-state index in [0.29, 0.717) is 32.2 Å². The van der Waals surface area contributed by atoms with Crippen LogP contribution in [0.15, 0.2) is 0 Å². The fourth-order valence-corrected chi connectivity index (χ4v) is 1.45. The minimum Gasteiger partial charge on any atom is -0.381 e. The molecule has 0 radical (unpaired) electrons. The van der Waals surface area contributed by atoms with Crippen LogP contribution in [0.4, 0.5) is 0 Å². The van der Waals surface area contributed by atoms with Crippen LogP contribution in [-0.4, -0.2) is 50.3 Å². The predicted octanol–water partition coefficient (Wildman–Crippen LogP) is 0.908. The number of rotatable bonds is 5. The normalized spacial score (nSPS) is 17.1. The summed E-state index contributed by atoms with van der Waals surface area (Å²) >= 11 is 0. The SMILES string of the molecule is CC(C)COCCC(=O)N1CCOCC1. The van der Waals surface area contributed by atoms with Crippen molar-refractivity contribution in [2.75, 3.05) is 39.5 Å². The minimum absolute atomic E-state index is 0.182. The molecule has 0 aromatic carbocycles. The molecule has 0 saturated carbocycles. The van der Waals surface area contributed by atoms with E-state index in [1.165, 1.54) is 0 Å². The highest BCUT2D eigenvalue weighted by Crippen LogP contribution is 2.01. The number of nitrogens with zero attached hydrogens (tertiary/aromatic N) is 1. The Morgan fingerprint density at radius 2 is 2.07 bits per heavy atom. The van der Waals surface area contributed by atoms with Gasteiger partial charge in [-0.15, -0.1) is 0 Å². The van der Waals surface area contributed by atoms with Crippen molar-refractivity contribution in [1.29, 1.82) is 0 Å². The molecule has 1 rings (SSSR count). The van der Waals surface area contributed by atoms with E-state index in [-0.39, 0.29) is 5.91 Å². The third-order valence-corrected chi connectivity index (χ3v) is 2.28. The zero-order valence-electron chi connectivity index (χ0n) is 9.70. The van der Waals surface area contributed by atoms with Crippen molar-refractivity contribution in [3.05, 3.63) is 0 Å². The molecule has 1 amide bonds. The Morgan fingerprint density at radius 1 is 1.40 bits per heavy atom. The van der Waals surface area contributed by atoms with Gasteiger partial charge in [0.2, 0.25) is 5.91 Å². The van der Waals surface area contributed by atoms with Gasteiger partial charge >= 0.3 is 0 Å². The van der Waals surface area contributed by atoms with Gasteiger partial charge in [-0.1, -0.05) is 13.8 Å². The minimum atomic E-state index is 0.182. The van der Waals surface area contributed by atoms with Crippen LogP contribution < -0.4 is 0 Å². The summed E-state index contributed by atoms with van der Waals surface area (Å²) < 4.78 is 10.6. The van der Waals surface area contributed by atoms with Crippen LogP contribution in [0, 0.1) is 5.92 Å². The average Bonchev–Trinajstić information content (AvgIpc) is 2.25. The van der Waals surface area contributed by atoms with Crippen molar-refractivity contribution < 1.29 is 14.3 Å². The van der Waals surface area contributed by atoms with Gasteiger partial charge in [-0.05, 0) is 5.92 Å². The summed E-state index contributed by atoms with van der Waals surface area (Å²) in [6.45, 7) is 8.25. The fraction of sp³-hybridized carbons (Fsp3) is 0.909. The van der Waals surface area contributed by atoms with Crippen molar-refractivity contribution in [1.82, 2.24) is 4.90 Å². The van der Waals surface area contributed by atoms with Crippen LogP contribution in [0.1, 0.15) is 20.3 Å². The molecule has 0 aliphatic carbocycles. The third-order valence-electron chi connectivity index (χ3n) is 2.28. The molecule has 1 aliphatic rings. The number of morpholine rings is 1. The van der Waals surface area contributed by atoms with Gasteiger partial charge in [-0.25, -0.2) is 0 Å². The summed E-state index contributed by atoms with van der Waals surface area (Å²) in [5, 5.41) is 0. The first-order valence-electron chi connectivity index (χ1n) is 5.63. The van der Waals surface area contributed by atoms with E-state index in [9.17, 15) is 4.79 Å². The molecular weight excluding hydrogens is 194 g/mol. The molecule has 0 aromatic heterocycles. The van der Waals surface area contributed by atoms with E-state index in [0.717, 1.165) is 19.7 Å². The Hall–Kier alpha value is -0.610. The van der Waals surface area contributed by atoms with E-state index in [2.05, 4.69) is 13.8 Å². The molecule has 1 fully saturated rings. The third kappa shape index (κ3) is 5.14. The summed E-state index contributed by atoms with van der Waals surface area (Å²) in [6, 6.07) is 0. The van der Waals surface area contributed by atoms with Gasteiger partial charge in [0.1, 0.15) is 0 Å². The van der Waals surface area contributed by atoms with Crippen molar-refractivity contribution in [3.8, 4) is 0 Å². The lowest BCUT2D eigenvalue weighted by atomic mass is 10.2. The standard InChI is InChI=1S/C11H21NO3/c1-10(2)9-15-6-3-11(13)12-4-7-14-8-5-12/h10H,3-9H2,1-2H3. The average molecular weight is 215 g/mol. The van der Waals surface area contributed by atoms with Gasteiger partial charge in [0.05, 0.1) is 26.2 Å². The number of ether oxygens (including phenoxy) is 2. The molecule has 88 valence electrons. The monoisotopic (exact) mass is 215 g/mol. The van der Waals surface area contributed by atoms with Gasteiger partial charge in [0.25, 0.3) is 0 Å². The summed E-state index contributed by atoms with van der Waals surface area (Å²) in [5.41, 5.74) is 0. The highest BCUT2D eigenvalue weighted by Gasteiger charge is 2.15. The van der Waals surface area contributed by atoms with E-state index < -0.39 is 0 Å². The smallest absolute Gasteiger partial charge is 0.225 e. The lowest BCUT2D eigenvalue weighted by Gasteiger charge is -2.26. The van der Waals surface area contributed by atoms with Gasteiger partial charge in [0.15, 0.2) is 0 Å². The van der Waals surface area contributed by atoms with E-state index in [1.807, 2.05) is 4.90 Å². The van der Waals surface area contributed by atoms with Gasteiger partial charge in [-0.3, -0.25) is 4.79 Å². The maximum atomic E-state index is 11.6. The van der Waals surface area contributed by atoms with Crippen LogP contribution >= 0.6 is 0 Å². The number of hydrogen-bond donors (Lipinski definition) is 0. The van der Waals surface area contributed by atoms with Crippen LogP contribution in [0.3, 0.4) is 0 Å². The van der Waals surface area contributed by atoms with Crippen molar-refractivity contribution in [2.45, 2.75) is 20.3 Å². The number of amides is 1. The zero-order valence-corrected chi connectivity index (χ0v) is 9.70. The highest BCUT2D eigenvalue weighted by molar-refractivity contribution is 5.76. The molecule has 4 nitrogen and oxygen atoms in total. The second-order valence-electron chi connectivity index (χ2n) is 4.21. The second-order valence-corrected chi connectivity index (χ2v) is 4.21. The molecule has 0 atom stereocenters. The predicted molar refractivity (Wildman–Crippen MR) is 57.7 cm³/mol. The van der Waals surface area contributed by atoms with Gasteiger partial charge in [0, 0.05) is 19.7 Å². The molecule has 4 heteroatoms. The summed E-state index contributed by atoms with van der Waals surface area (Å²) in [5.74, 6) is 0.713. The highest BCUT2D eigenvalue weighted by atomic mass is 16.5. The van der Waals surface area contributed by atoms with Gasteiger partial charge < -0.3 is 14.4 Å². The first-order chi connectivity index (χ1) is 7.20. The molecule has 0 unspecified atom stereocenters. The number of carbonyl (C=O) groups is 1. The first-order valence-corrected chi connectivity index (χ1v) is 5.63. The Bertz CT molecular complexity index is 188. The first kappa shape index (κ1) is 12.5. The Labute approximate surface area is 91.5 Å². The molecule has 0 N–H and O–H groups in total. The number of hydrogen-bond acceptors (Lipinski definition) is 3. The number of carbonyl (C=O) groups excluding carboxylic acids is 1. The molecule has 0 bridgehead atoms. The topological polar surface area (TPSA) is 38.8 Å². The van der Waals surface area contributed by atoms with Crippen LogP contribution in [-0.2, 0) is 14.3 Å². The van der Waals surface area contributed by atoms with Crippen molar-refractivity contribution in [2.24, 2.45) is 5.92 Å². The summed E-state index contributed by atoms with van der Waals surface area (Å²) in [6.07, 6.45) is 0.493. The summed E-state index contributed by atoms with van der Waals surface area (Å²) in [4.78, 5) is 13.5. The zero-order chi connectivity index (χ0) is 11.1. The van der Waals surface area contributed by atoms with Crippen LogP contribution in [0.2, 0.25) is 0 Å².